The van der Waals surface area contributed by atoms with Crippen molar-refractivity contribution in [1.29, 1.82) is 0 Å². The van der Waals surface area contributed by atoms with Crippen LogP contribution >= 0.6 is 0 Å². The predicted molar refractivity (Wildman–Crippen MR) is 134 cm³/mol. The van der Waals surface area contributed by atoms with E-state index in [4.69, 9.17) is 4.74 Å². The van der Waals surface area contributed by atoms with E-state index in [1.165, 1.54) is 0 Å². The maximum atomic E-state index is 13.2. The molecule has 0 radical (unpaired) electrons. The smallest absolute Gasteiger partial charge is 0.266 e. The molecule has 2 heterocycles. The van der Waals surface area contributed by atoms with Crippen LogP contribution in [0, 0.1) is 0 Å². The lowest BCUT2D eigenvalue weighted by Crippen LogP contribution is -2.54. The Morgan fingerprint density at radius 3 is 2.50 bits per heavy atom. The topological polar surface area (TPSA) is 105 Å². The van der Waals surface area contributed by atoms with E-state index in [-0.39, 0.29) is 41.9 Å². The molecular formula is C28H31N3O5. The summed E-state index contributed by atoms with van der Waals surface area (Å²) in [6.07, 6.45) is 4.00. The minimum atomic E-state index is -1.01. The number of benzene rings is 2. The lowest BCUT2D eigenvalue weighted by atomic mass is 9.94. The first kappa shape index (κ1) is 25.3. The van der Waals surface area contributed by atoms with Crippen LogP contribution in [0.4, 0.5) is 0 Å². The van der Waals surface area contributed by atoms with E-state index < -0.39 is 29.7 Å². The van der Waals surface area contributed by atoms with E-state index >= 15 is 0 Å². The molecule has 0 saturated carbocycles. The standard InChI is InChI=1S/C28H31N3O5/c1-4-15-28(3,5-2)29-16-18-9-11-19(12-10-18)17-36-22-8-6-7-20-24(22)27(35)31(26(20)34)21-13-14-23(32)30-25(21)33/h4,6-12,21,29H,1,5,13-17H2,2-3H3,(H,30,32,33). The summed E-state index contributed by atoms with van der Waals surface area (Å²) in [6.45, 7) is 9.13. The van der Waals surface area contributed by atoms with Gasteiger partial charge in [0.2, 0.25) is 11.8 Å². The van der Waals surface area contributed by atoms with Crippen LogP contribution < -0.4 is 15.4 Å². The molecule has 0 bridgehead atoms. The molecule has 188 valence electrons. The summed E-state index contributed by atoms with van der Waals surface area (Å²) in [5.74, 6) is -1.90. The fourth-order valence-electron chi connectivity index (χ4n) is 4.49. The van der Waals surface area contributed by atoms with Crippen molar-refractivity contribution < 1.29 is 23.9 Å². The molecule has 0 aromatic heterocycles. The number of rotatable bonds is 10. The van der Waals surface area contributed by atoms with Gasteiger partial charge in [0, 0.05) is 18.5 Å². The van der Waals surface area contributed by atoms with Crippen molar-refractivity contribution in [3.63, 3.8) is 0 Å². The van der Waals surface area contributed by atoms with Gasteiger partial charge in [-0.05, 0) is 49.4 Å². The van der Waals surface area contributed by atoms with E-state index in [1.807, 2.05) is 30.3 Å². The Hall–Kier alpha value is -3.78. The fourth-order valence-corrected chi connectivity index (χ4v) is 4.49. The number of nitrogens with one attached hydrogen (secondary N) is 2. The summed E-state index contributed by atoms with van der Waals surface area (Å²) in [6, 6.07) is 11.8. The van der Waals surface area contributed by atoms with E-state index in [9.17, 15) is 19.2 Å². The Balaban J connectivity index is 1.43. The van der Waals surface area contributed by atoms with Crippen molar-refractivity contribution in [2.24, 2.45) is 0 Å². The predicted octanol–water partition coefficient (Wildman–Crippen LogP) is 3.50. The number of hydrogen-bond donors (Lipinski definition) is 2. The summed E-state index contributed by atoms with van der Waals surface area (Å²) in [7, 11) is 0. The van der Waals surface area contributed by atoms with Crippen LogP contribution in [0.15, 0.2) is 55.1 Å². The highest BCUT2D eigenvalue weighted by Crippen LogP contribution is 2.34. The van der Waals surface area contributed by atoms with E-state index in [2.05, 4.69) is 31.1 Å². The zero-order valence-corrected chi connectivity index (χ0v) is 20.6. The summed E-state index contributed by atoms with van der Waals surface area (Å²) >= 11 is 0. The van der Waals surface area contributed by atoms with Crippen molar-refractivity contribution in [2.45, 2.75) is 64.3 Å². The highest BCUT2D eigenvalue weighted by molar-refractivity contribution is 6.24. The van der Waals surface area contributed by atoms with E-state index in [0.717, 1.165) is 35.4 Å². The lowest BCUT2D eigenvalue weighted by molar-refractivity contribution is -0.136. The van der Waals surface area contributed by atoms with Crippen LogP contribution in [0.2, 0.25) is 0 Å². The molecule has 4 amide bonds. The minimum Gasteiger partial charge on any atom is -0.488 e. The normalized spacial score (nSPS) is 19.1. The molecular weight excluding hydrogens is 458 g/mol. The third-order valence-corrected chi connectivity index (χ3v) is 6.94. The van der Waals surface area contributed by atoms with Crippen molar-refractivity contribution in [3.8, 4) is 5.75 Å². The summed E-state index contributed by atoms with van der Waals surface area (Å²) in [5.41, 5.74) is 2.41. The fraction of sp³-hybridized carbons (Fsp3) is 0.357. The van der Waals surface area contributed by atoms with Crippen molar-refractivity contribution >= 4 is 23.6 Å². The molecule has 1 saturated heterocycles. The largest absolute Gasteiger partial charge is 0.488 e. The number of carbonyl (C=O) groups excluding carboxylic acids is 4. The molecule has 8 nitrogen and oxygen atoms in total. The van der Waals surface area contributed by atoms with Gasteiger partial charge in [-0.15, -0.1) is 6.58 Å². The number of ether oxygens (including phenoxy) is 1. The molecule has 2 aliphatic heterocycles. The SMILES string of the molecule is C=CCC(C)(CC)NCc1ccc(COc2cccc3c2C(=O)N(C2CCC(=O)NC2=O)C3=O)cc1. The summed E-state index contributed by atoms with van der Waals surface area (Å²) in [5, 5.41) is 5.79. The Morgan fingerprint density at radius 1 is 1.11 bits per heavy atom. The summed E-state index contributed by atoms with van der Waals surface area (Å²) < 4.78 is 5.96. The minimum absolute atomic E-state index is 0.00288. The van der Waals surface area contributed by atoms with Gasteiger partial charge in [-0.2, -0.15) is 0 Å². The van der Waals surface area contributed by atoms with Crippen LogP contribution in [0.1, 0.15) is 71.4 Å². The van der Waals surface area contributed by atoms with Crippen molar-refractivity contribution in [2.75, 3.05) is 0 Å². The second kappa shape index (κ2) is 10.5. The van der Waals surface area contributed by atoms with Crippen LogP contribution in [0.3, 0.4) is 0 Å². The van der Waals surface area contributed by atoms with Crippen LogP contribution in [-0.4, -0.2) is 40.1 Å². The number of carbonyl (C=O) groups is 4. The van der Waals surface area contributed by atoms with Gasteiger partial charge in [-0.3, -0.25) is 29.4 Å². The maximum Gasteiger partial charge on any atom is 0.266 e. The molecule has 2 N–H and O–H groups in total. The molecule has 0 spiro atoms. The average molecular weight is 490 g/mol. The van der Waals surface area contributed by atoms with Gasteiger partial charge in [0.15, 0.2) is 0 Å². The highest BCUT2D eigenvalue weighted by Gasteiger charge is 2.46. The number of imide groups is 2. The van der Waals surface area contributed by atoms with E-state index in [0.29, 0.717) is 0 Å². The van der Waals surface area contributed by atoms with Gasteiger partial charge in [0.1, 0.15) is 18.4 Å². The zero-order valence-electron chi connectivity index (χ0n) is 20.6. The molecule has 2 atom stereocenters. The molecule has 1 fully saturated rings. The number of nitrogens with zero attached hydrogens (tertiary/aromatic N) is 1. The Labute approximate surface area is 210 Å². The second-order valence-corrected chi connectivity index (χ2v) is 9.49. The molecule has 0 aliphatic carbocycles. The first-order valence-corrected chi connectivity index (χ1v) is 12.2. The number of amides is 4. The van der Waals surface area contributed by atoms with Crippen LogP contribution in [0.5, 0.6) is 5.75 Å². The average Bonchev–Trinajstić information content (AvgIpc) is 3.13. The third kappa shape index (κ3) is 5.09. The van der Waals surface area contributed by atoms with Gasteiger partial charge in [-0.1, -0.05) is 43.3 Å². The molecule has 2 aromatic carbocycles. The molecule has 2 unspecified atom stereocenters. The molecule has 8 heteroatoms. The first-order chi connectivity index (χ1) is 17.3. The van der Waals surface area contributed by atoms with Crippen molar-refractivity contribution in [3.05, 3.63) is 77.4 Å². The molecule has 4 rings (SSSR count). The van der Waals surface area contributed by atoms with Crippen molar-refractivity contribution in [1.82, 2.24) is 15.5 Å². The quantitative estimate of drug-likeness (QED) is 0.391. The van der Waals surface area contributed by atoms with Gasteiger partial charge in [-0.25, -0.2) is 0 Å². The molecule has 2 aromatic rings. The second-order valence-electron chi connectivity index (χ2n) is 9.49. The monoisotopic (exact) mass is 489 g/mol. The Kier molecular flexibility index (Phi) is 7.35. The van der Waals surface area contributed by atoms with Gasteiger partial charge in [0.05, 0.1) is 11.1 Å². The summed E-state index contributed by atoms with van der Waals surface area (Å²) in [4.78, 5) is 50.9. The van der Waals surface area contributed by atoms with Gasteiger partial charge >= 0.3 is 0 Å². The lowest BCUT2D eigenvalue weighted by Gasteiger charge is -2.28. The number of piperidine rings is 1. The maximum absolute atomic E-state index is 13.2. The Bertz CT molecular complexity index is 1210. The van der Waals surface area contributed by atoms with Crippen LogP contribution in [-0.2, 0) is 22.7 Å². The van der Waals surface area contributed by atoms with E-state index in [1.54, 1.807) is 18.2 Å². The number of fused-ring (bicyclic) bond motifs is 1. The zero-order chi connectivity index (χ0) is 25.9. The van der Waals surface area contributed by atoms with Gasteiger partial charge in [0.25, 0.3) is 11.8 Å². The molecule has 36 heavy (non-hydrogen) atoms. The van der Waals surface area contributed by atoms with Gasteiger partial charge < -0.3 is 10.1 Å². The molecule has 2 aliphatic rings. The first-order valence-electron chi connectivity index (χ1n) is 12.2. The highest BCUT2D eigenvalue weighted by atomic mass is 16.5. The number of hydrogen-bond acceptors (Lipinski definition) is 6. The van der Waals surface area contributed by atoms with Crippen LogP contribution in [0.25, 0.3) is 0 Å². The third-order valence-electron chi connectivity index (χ3n) is 6.94. The Morgan fingerprint density at radius 2 is 1.83 bits per heavy atom.